The molecular formula is C7H8BFN2O2. The van der Waals surface area contributed by atoms with Crippen LogP contribution in [0.15, 0.2) is 23.3 Å². The first-order valence-corrected chi connectivity index (χ1v) is 3.54. The molecule has 0 saturated carbocycles. The molecule has 0 aliphatic rings. The van der Waals surface area contributed by atoms with E-state index in [1.54, 1.807) is 0 Å². The maximum atomic E-state index is 12.9. The molecule has 0 aliphatic carbocycles. The van der Waals surface area contributed by atoms with Gasteiger partial charge in [-0.15, -0.1) is 0 Å². The van der Waals surface area contributed by atoms with Crippen molar-refractivity contribution in [3.63, 3.8) is 0 Å². The lowest BCUT2D eigenvalue weighted by molar-refractivity contribution is 0.423. The lowest BCUT2D eigenvalue weighted by Gasteiger charge is -2.01. The molecule has 13 heavy (non-hydrogen) atoms. The van der Waals surface area contributed by atoms with Gasteiger partial charge in [0.2, 0.25) is 0 Å². The molecule has 1 rings (SSSR count). The predicted octanol–water partition coefficient (Wildman–Crippen LogP) is -1.20. The van der Waals surface area contributed by atoms with E-state index >= 15 is 0 Å². The van der Waals surface area contributed by atoms with Gasteiger partial charge in [-0.05, 0) is 11.6 Å². The smallest absolute Gasteiger partial charge is 0.423 e. The number of hydrogen-bond acceptors (Lipinski definition) is 4. The molecule has 0 spiro atoms. The Morgan fingerprint density at radius 3 is 2.69 bits per heavy atom. The first-order valence-electron chi connectivity index (χ1n) is 3.54. The van der Waals surface area contributed by atoms with Crippen LogP contribution in [0.5, 0.6) is 0 Å². The lowest BCUT2D eigenvalue weighted by atomic mass is 9.79. The maximum absolute atomic E-state index is 12.9. The zero-order valence-electron chi connectivity index (χ0n) is 6.68. The van der Waals surface area contributed by atoms with Gasteiger partial charge in [0.15, 0.2) is 0 Å². The van der Waals surface area contributed by atoms with Crippen LogP contribution in [-0.2, 0) is 0 Å². The highest BCUT2D eigenvalue weighted by atomic mass is 19.1. The summed E-state index contributed by atoms with van der Waals surface area (Å²) in [6, 6.07) is 3.81. The summed E-state index contributed by atoms with van der Waals surface area (Å²) in [6.07, 6.45) is 1.28. The molecule has 0 unspecified atom stereocenters. The van der Waals surface area contributed by atoms with Gasteiger partial charge in [0, 0.05) is 5.46 Å². The Morgan fingerprint density at radius 2 is 2.15 bits per heavy atom. The van der Waals surface area contributed by atoms with Crippen molar-refractivity contribution in [2.24, 2.45) is 10.9 Å². The molecule has 0 amide bonds. The monoisotopic (exact) mass is 182 g/mol. The van der Waals surface area contributed by atoms with Crippen LogP contribution < -0.4 is 11.3 Å². The molecule has 0 aliphatic heterocycles. The van der Waals surface area contributed by atoms with Gasteiger partial charge < -0.3 is 15.9 Å². The van der Waals surface area contributed by atoms with Crippen LogP contribution >= 0.6 is 0 Å². The largest absolute Gasteiger partial charge is 0.491 e. The summed E-state index contributed by atoms with van der Waals surface area (Å²) in [5, 5.41) is 20.7. The second-order valence-electron chi connectivity index (χ2n) is 2.43. The number of halogens is 1. The molecule has 0 fully saturated rings. The van der Waals surface area contributed by atoms with Crippen LogP contribution in [-0.4, -0.2) is 23.4 Å². The summed E-state index contributed by atoms with van der Waals surface area (Å²) in [6.45, 7) is 0. The van der Waals surface area contributed by atoms with Gasteiger partial charge in [0.1, 0.15) is 5.82 Å². The molecule has 4 nitrogen and oxygen atoms in total. The van der Waals surface area contributed by atoms with Crippen molar-refractivity contribution in [1.82, 2.24) is 0 Å². The van der Waals surface area contributed by atoms with Gasteiger partial charge in [-0.1, -0.05) is 12.1 Å². The summed E-state index contributed by atoms with van der Waals surface area (Å²) in [7, 11) is -1.83. The highest BCUT2D eigenvalue weighted by Crippen LogP contribution is 1.98. The van der Waals surface area contributed by atoms with Gasteiger partial charge >= 0.3 is 7.12 Å². The number of nitrogens with two attached hydrogens (primary N) is 1. The van der Waals surface area contributed by atoms with Crippen LogP contribution in [0.25, 0.3) is 0 Å². The third kappa shape index (κ3) is 2.27. The van der Waals surface area contributed by atoms with Crippen LogP contribution in [0.2, 0.25) is 0 Å². The highest BCUT2D eigenvalue weighted by molar-refractivity contribution is 6.58. The Hall–Kier alpha value is -1.40. The number of hydrazone groups is 1. The fourth-order valence-electron chi connectivity index (χ4n) is 0.926. The van der Waals surface area contributed by atoms with Gasteiger partial charge in [0.05, 0.1) is 6.21 Å². The van der Waals surface area contributed by atoms with E-state index in [2.05, 4.69) is 5.10 Å². The lowest BCUT2D eigenvalue weighted by Crippen LogP contribution is -2.33. The average molecular weight is 182 g/mol. The summed E-state index contributed by atoms with van der Waals surface area (Å²) in [5.74, 6) is 4.20. The number of hydrogen-bond donors (Lipinski definition) is 3. The molecule has 1 aromatic rings. The van der Waals surface area contributed by atoms with Crippen LogP contribution in [0, 0.1) is 5.82 Å². The summed E-state index contributed by atoms with van der Waals surface area (Å²) >= 11 is 0. The van der Waals surface area contributed by atoms with Gasteiger partial charge in [0.25, 0.3) is 0 Å². The first kappa shape index (κ1) is 9.69. The van der Waals surface area contributed by atoms with Crippen molar-refractivity contribution in [2.45, 2.75) is 0 Å². The molecule has 0 bridgehead atoms. The average Bonchev–Trinajstić information content (AvgIpc) is 2.08. The number of nitrogens with zero attached hydrogens (tertiary/aromatic N) is 1. The van der Waals surface area contributed by atoms with E-state index in [-0.39, 0.29) is 5.46 Å². The molecule has 0 radical (unpaired) electrons. The standard InChI is InChI=1S/C7H8BFN2O2/c9-7-2-1-5(4-11-10)3-6(7)8(12)13/h1-4,12-13H,10H2. The number of rotatable bonds is 2. The van der Waals surface area contributed by atoms with E-state index < -0.39 is 12.9 Å². The molecule has 68 valence electrons. The van der Waals surface area contributed by atoms with Gasteiger partial charge in [-0.2, -0.15) is 5.10 Å². The second-order valence-corrected chi connectivity index (χ2v) is 2.43. The van der Waals surface area contributed by atoms with E-state index in [4.69, 9.17) is 15.9 Å². The van der Waals surface area contributed by atoms with Crippen molar-refractivity contribution in [1.29, 1.82) is 0 Å². The maximum Gasteiger partial charge on any atom is 0.491 e. The van der Waals surface area contributed by atoms with E-state index in [9.17, 15) is 4.39 Å². The third-order valence-electron chi connectivity index (χ3n) is 1.52. The quantitative estimate of drug-likeness (QED) is 0.232. The van der Waals surface area contributed by atoms with Crippen molar-refractivity contribution in [2.75, 3.05) is 0 Å². The Kier molecular flexibility index (Phi) is 3.00. The predicted molar refractivity (Wildman–Crippen MR) is 48.0 cm³/mol. The molecular weight excluding hydrogens is 174 g/mol. The Bertz CT molecular complexity index is 330. The van der Waals surface area contributed by atoms with Crippen molar-refractivity contribution >= 4 is 18.8 Å². The topological polar surface area (TPSA) is 78.8 Å². The molecule has 0 heterocycles. The van der Waals surface area contributed by atoms with Crippen LogP contribution in [0.4, 0.5) is 4.39 Å². The second kappa shape index (κ2) is 4.02. The molecule has 0 aromatic heterocycles. The third-order valence-corrected chi connectivity index (χ3v) is 1.52. The van der Waals surface area contributed by atoms with E-state index in [0.717, 1.165) is 6.07 Å². The molecule has 0 saturated heterocycles. The summed E-state index contributed by atoms with van der Waals surface area (Å²) in [4.78, 5) is 0. The van der Waals surface area contributed by atoms with Crippen molar-refractivity contribution in [3.8, 4) is 0 Å². The van der Waals surface area contributed by atoms with Crippen LogP contribution in [0.3, 0.4) is 0 Å². The fourth-order valence-corrected chi connectivity index (χ4v) is 0.926. The number of benzene rings is 1. The minimum atomic E-state index is -1.83. The minimum Gasteiger partial charge on any atom is -0.423 e. The van der Waals surface area contributed by atoms with E-state index in [1.807, 2.05) is 0 Å². The zero-order chi connectivity index (χ0) is 9.84. The fraction of sp³-hybridized carbons (Fsp3) is 0. The van der Waals surface area contributed by atoms with Crippen LogP contribution in [0.1, 0.15) is 5.56 Å². The Balaban J connectivity index is 3.11. The van der Waals surface area contributed by atoms with Crippen molar-refractivity contribution in [3.05, 3.63) is 29.6 Å². The SMILES string of the molecule is NN=Cc1ccc(F)c(B(O)O)c1. The zero-order valence-corrected chi connectivity index (χ0v) is 6.68. The molecule has 6 heteroatoms. The van der Waals surface area contributed by atoms with E-state index in [1.165, 1.54) is 18.3 Å². The Labute approximate surface area is 74.6 Å². The minimum absolute atomic E-state index is 0.197. The first-order chi connectivity index (χ1) is 6.15. The molecule has 0 atom stereocenters. The summed E-state index contributed by atoms with van der Waals surface area (Å²) in [5.41, 5.74) is 0.310. The highest BCUT2D eigenvalue weighted by Gasteiger charge is 2.16. The van der Waals surface area contributed by atoms with Gasteiger partial charge in [-0.25, -0.2) is 4.39 Å². The Morgan fingerprint density at radius 1 is 1.46 bits per heavy atom. The molecule has 1 aromatic carbocycles. The normalized spacial score (nSPS) is 10.7. The summed E-state index contributed by atoms with van der Waals surface area (Å²) < 4.78 is 12.9. The van der Waals surface area contributed by atoms with Crippen molar-refractivity contribution < 1.29 is 14.4 Å². The van der Waals surface area contributed by atoms with E-state index in [0.29, 0.717) is 5.56 Å². The molecule has 4 N–H and O–H groups in total. The van der Waals surface area contributed by atoms with Gasteiger partial charge in [-0.3, -0.25) is 0 Å².